The van der Waals surface area contributed by atoms with E-state index in [0.29, 0.717) is 0 Å². The number of halogens is 1. The van der Waals surface area contributed by atoms with E-state index in [4.69, 9.17) is 5.11 Å². The maximum atomic E-state index is 10.9. The van der Waals surface area contributed by atoms with Gasteiger partial charge in [-0.25, -0.2) is 4.79 Å². The molecular formula is C14H18BrNO2. The van der Waals surface area contributed by atoms with Crippen molar-refractivity contribution in [3.05, 3.63) is 33.8 Å². The summed E-state index contributed by atoms with van der Waals surface area (Å²) in [5.74, 6) is 0.219. The molecule has 4 heteroatoms. The first kappa shape index (κ1) is 13.4. The third kappa shape index (κ3) is 2.53. The molecule has 98 valence electrons. The number of benzene rings is 1. The average Bonchev–Trinajstić information content (AvgIpc) is 2.52. The van der Waals surface area contributed by atoms with Crippen molar-refractivity contribution in [3.63, 3.8) is 0 Å². The Morgan fingerprint density at radius 2 is 2.11 bits per heavy atom. The summed E-state index contributed by atoms with van der Waals surface area (Å²) in [6, 6.07) is 6.20. The fourth-order valence-corrected chi connectivity index (χ4v) is 3.40. The van der Waals surface area contributed by atoms with E-state index in [1.165, 1.54) is 11.1 Å². The zero-order valence-electron chi connectivity index (χ0n) is 10.8. The van der Waals surface area contributed by atoms with Gasteiger partial charge in [0.25, 0.3) is 0 Å². The fourth-order valence-electron chi connectivity index (χ4n) is 2.99. The zero-order valence-corrected chi connectivity index (χ0v) is 12.4. The third-order valence-corrected chi connectivity index (χ3v) is 4.02. The van der Waals surface area contributed by atoms with Crippen LogP contribution in [0.1, 0.15) is 37.8 Å². The van der Waals surface area contributed by atoms with Gasteiger partial charge in [0.15, 0.2) is 0 Å². The number of amides is 1. The Morgan fingerprint density at radius 1 is 1.44 bits per heavy atom. The topological polar surface area (TPSA) is 49.3 Å². The molecule has 2 rings (SSSR count). The smallest absolute Gasteiger partial charge is 0.404 e. The lowest BCUT2D eigenvalue weighted by molar-refractivity contribution is 0.181. The molecule has 0 saturated carbocycles. The highest BCUT2D eigenvalue weighted by atomic mass is 79.9. The minimum atomic E-state index is -0.943. The fraction of sp³-hybridized carbons (Fsp3) is 0.500. The summed E-state index contributed by atoms with van der Waals surface area (Å²) < 4.78 is 1.05. The van der Waals surface area contributed by atoms with Gasteiger partial charge in [-0.05, 0) is 35.1 Å². The lowest BCUT2D eigenvalue weighted by Crippen LogP contribution is -2.41. The van der Waals surface area contributed by atoms with Crippen molar-refractivity contribution in [1.82, 2.24) is 5.32 Å². The van der Waals surface area contributed by atoms with Crippen molar-refractivity contribution in [3.8, 4) is 0 Å². The first-order chi connectivity index (χ1) is 8.29. The van der Waals surface area contributed by atoms with Gasteiger partial charge in [-0.1, -0.05) is 42.8 Å². The van der Waals surface area contributed by atoms with E-state index in [-0.39, 0.29) is 17.4 Å². The van der Waals surface area contributed by atoms with Crippen LogP contribution in [0.15, 0.2) is 22.7 Å². The maximum Gasteiger partial charge on any atom is 0.404 e. The van der Waals surface area contributed by atoms with Crippen molar-refractivity contribution in [2.45, 2.75) is 39.2 Å². The second-order valence-electron chi connectivity index (χ2n) is 5.95. The first-order valence-corrected chi connectivity index (χ1v) is 6.86. The summed E-state index contributed by atoms with van der Waals surface area (Å²) in [5, 5.41) is 11.6. The van der Waals surface area contributed by atoms with E-state index in [1.807, 2.05) is 6.07 Å². The van der Waals surface area contributed by atoms with E-state index < -0.39 is 6.09 Å². The van der Waals surface area contributed by atoms with Gasteiger partial charge < -0.3 is 10.4 Å². The number of nitrogens with one attached hydrogen (secondary N) is 1. The summed E-state index contributed by atoms with van der Waals surface area (Å²) in [7, 11) is 0. The van der Waals surface area contributed by atoms with Gasteiger partial charge >= 0.3 is 6.09 Å². The molecule has 0 spiro atoms. The Morgan fingerprint density at radius 3 is 2.67 bits per heavy atom. The van der Waals surface area contributed by atoms with Crippen LogP contribution in [0.5, 0.6) is 0 Å². The Kier molecular flexibility index (Phi) is 3.41. The van der Waals surface area contributed by atoms with Gasteiger partial charge in [-0.3, -0.25) is 0 Å². The molecular weight excluding hydrogens is 294 g/mol. The van der Waals surface area contributed by atoms with Crippen LogP contribution in [-0.4, -0.2) is 17.2 Å². The van der Waals surface area contributed by atoms with Crippen LogP contribution in [-0.2, 0) is 6.42 Å². The second kappa shape index (κ2) is 4.57. The molecule has 0 aliphatic heterocycles. The molecule has 2 unspecified atom stereocenters. The predicted octanol–water partition coefficient (Wildman–Crippen LogP) is 3.77. The normalized spacial score (nSPS) is 22.7. The summed E-state index contributed by atoms with van der Waals surface area (Å²) >= 11 is 3.47. The van der Waals surface area contributed by atoms with Crippen molar-refractivity contribution in [2.24, 2.45) is 5.41 Å². The Bertz CT molecular complexity index is 479. The van der Waals surface area contributed by atoms with E-state index in [9.17, 15) is 4.79 Å². The summed E-state index contributed by atoms with van der Waals surface area (Å²) in [6.45, 7) is 6.47. The van der Waals surface area contributed by atoms with Gasteiger partial charge in [-0.15, -0.1) is 0 Å². The summed E-state index contributed by atoms with van der Waals surface area (Å²) in [6.07, 6.45) is -0.177. The number of carboxylic acid groups (broad SMARTS) is 1. The molecule has 0 saturated heterocycles. The minimum absolute atomic E-state index is 0.0339. The van der Waals surface area contributed by atoms with Crippen molar-refractivity contribution in [1.29, 1.82) is 0 Å². The van der Waals surface area contributed by atoms with Crippen LogP contribution in [0.2, 0.25) is 0 Å². The lowest BCUT2D eigenvalue weighted by atomic mass is 9.75. The highest BCUT2D eigenvalue weighted by molar-refractivity contribution is 9.10. The van der Waals surface area contributed by atoms with Crippen LogP contribution >= 0.6 is 15.9 Å². The highest BCUT2D eigenvalue weighted by Gasteiger charge is 2.40. The zero-order chi connectivity index (χ0) is 13.5. The third-order valence-electron chi connectivity index (χ3n) is 3.52. The molecule has 2 N–H and O–H groups in total. The number of hydrogen-bond donors (Lipinski definition) is 2. The van der Waals surface area contributed by atoms with Crippen LogP contribution in [0.3, 0.4) is 0 Å². The van der Waals surface area contributed by atoms with E-state index in [1.54, 1.807) is 0 Å². The Balaban J connectivity index is 2.40. The Labute approximate surface area is 116 Å². The molecule has 2 atom stereocenters. The van der Waals surface area contributed by atoms with Gasteiger partial charge in [0.2, 0.25) is 0 Å². The van der Waals surface area contributed by atoms with Crippen molar-refractivity contribution >= 4 is 22.0 Å². The molecule has 1 aliphatic rings. The number of fused-ring (bicyclic) bond motifs is 1. The van der Waals surface area contributed by atoms with Gasteiger partial charge in [-0.2, -0.15) is 0 Å². The average molecular weight is 312 g/mol. The standard InChI is InChI=1S/C14H18BrNO2/c1-14(2,3)12-10-5-4-9(15)6-8(10)7-11(12)16-13(17)18/h4-6,11-12,16H,7H2,1-3H3,(H,17,18). The second-order valence-corrected chi connectivity index (χ2v) is 6.86. The number of carbonyl (C=O) groups is 1. The predicted molar refractivity (Wildman–Crippen MR) is 75.0 cm³/mol. The van der Waals surface area contributed by atoms with E-state index in [0.717, 1.165) is 10.9 Å². The molecule has 0 heterocycles. The molecule has 1 aromatic rings. The molecule has 0 aromatic heterocycles. The van der Waals surface area contributed by atoms with Crippen LogP contribution in [0.4, 0.5) is 4.79 Å². The maximum absolute atomic E-state index is 10.9. The van der Waals surface area contributed by atoms with Gasteiger partial charge in [0.1, 0.15) is 0 Å². The van der Waals surface area contributed by atoms with Gasteiger partial charge in [0, 0.05) is 16.4 Å². The molecule has 1 aliphatic carbocycles. The number of rotatable bonds is 1. The molecule has 0 bridgehead atoms. The summed E-state index contributed by atoms with van der Waals surface area (Å²) in [4.78, 5) is 10.9. The first-order valence-electron chi connectivity index (χ1n) is 6.07. The molecule has 3 nitrogen and oxygen atoms in total. The minimum Gasteiger partial charge on any atom is -0.465 e. The lowest BCUT2D eigenvalue weighted by Gasteiger charge is -2.33. The van der Waals surface area contributed by atoms with E-state index in [2.05, 4.69) is 54.2 Å². The van der Waals surface area contributed by atoms with E-state index >= 15 is 0 Å². The molecule has 0 fully saturated rings. The molecule has 18 heavy (non-hydrogen) atoms. The SMILES string of the molecule is CC(C)(C)C1c2ccc(Br)cc2CC1NC(=O)O. The number of hydrogen-bond acceptors (Lipinski definition) is 1. The van der Waals surface area contributed by atoms with Crippen LogP contribution < -0.4 is 5.32 Å². The highest BCUT2D eigenvalue weighted by Crippen LogP contribution is 2.45. The van der Waals surface area contributed by atoms with Crippen molar-refractivity contribution < 1.29 is 9.90 Å². The van der Waals surface area contributed by atoms with Crippen molar-refractivity contribution in [2.75, 3.05) is 0 Å². The largest absolute Gasteiger partial charge is 0.465 e. The van der Waals surface area contributed by atoms with Gasteiger partial charge in [0.05, 0.1) is 0 Å². The molecule has 0 radical (unpaired) electrons. The monoisotopic (exact) mass is 311 g/mol. The van der Waals surface area contributed by atoms with Crippen LogP contribution in [0.25, 0.3) is 0 Å². The summed E-state index contributed by atoms with van der Waals surface area (Å²) in [5.41, 5.74) is 2.54. The molecule has 1 aromatic carbocycles. The molecule has 1 amide bonds. The quantitative estimate of drug-likeness (QED) is 0.829. The Hall–Kier alpha value is -1.03. The van der Waals surface area contributed by atoms with Crippen LogP contribution in [0, 0.1) is 5.41 Å².